The van der Waals surface area contributed by atoms with Gasteiger partial charge in [-0.1, -0.05) is 25.1 Å². The molecule has 0 aromatic heterocycles. The second-order valence-electron chi connectivity index (χ2n) is 3.11. The largest absolute Gasteiger partial charge is 0.493 e. The van der Waals surface area contributed by atoms with E-state index in [0.29, 0.717) is 0 Å². The van der Waals surface area contributed by atoms with E-state index in [0.717, 1.165) is 31.6 Å². The van der Waals surface area contributed by atoms with Crippen molar-refractivity contribution in [2.45, 2.75) is 19.3 Å². The van der Waals surface area contributed by atoms with E-state index < -0.39 is 0 Å². The Hall–Kier alpha value is -0.980. The maximum Gasteiger partial charge on any atom is 0.125 e. The first-order chi connectivity index (χ1) is 5.92. The Labute approximate surface area is 73.4 Å². The lowest BCUT2D eigenvalue weighted by atomic mass is 10.0. The quantitative estimate of drug-likeness (QED) is 0.647. The molecular weight excluding hydrogens is 148 g/mol. The van der Waals surface area contributed by atoms with Crippen molar-refractivity contribution >= 4 is 0 Å². The summed E-state index contributed by atoms with van der Waals surface area (Å²) in [5, 5.41) is 0. The average Bonchev–Trinajstić information content (AvgIpc) is 2.53. The van der Waals surface area contributed by atoms with Crippen LogP contribution in [0.15, 0.2) is 18.2 Å². The van der Waals surface area contributed by atoms with Crippen LogP contribution in [0, 0.1) is 6.92 Å². The molecule has 63 valence electrons. The number of rotatable bonds is 2. The Morgan fingerprint density at radius 2 is 2.33 bits per heavy atom. The number of hydrogen-bond donors (Lipinski definition) is 0. The first-order valence-electron chi connectivity index (χ1n) is 4.44. The van der Waals surface area contributed by atoms with Crippen LogP contribution in [-0.2, 0) is 12.8 Å². The third-order valence-corrected chi connectivity index (χ3v) is 2.24. The second kappa shape index (κ2) is 3.18. The average molecular weight is 161 g/mol. The SMILES string of the molecule is [CH2]CCc1cccc2c1OCC2. The molecule has 1 aromatic carbocycles. The van der Waals surface area contributed by atoms with E-state index in [4.69, 9.17) is 4.74 Å². The minimum atomic E-state index is 0.851. The van der Waals surface area contributed by atoms with Crippen molar-refractivity contribution in [3.8, 4) is 5.75 Å². The summed E-state index contributed by atoms with van der Waals surface area (Å²) in [6, 6.07) is 6.39. The molecule has 0 saturated heterocycles. The van der Waals surface area contributed by atoms with Crippen molar-refractivity contribution in [3.05, 3.63) is 36.2 Å². The summed E-state index contributed by atoms with van der Waals surface area (Å²) in [5.74, 6) is 1.13. The van der Waals surface area contributed by atoms with Gasteiger partial charge in [0.15, 0.2) is 0 Å². The van der Waals surface area contributed by atoms with Gasteiger partial charge in [-0.2, -0.15) is 0 Å². The van der Waals surface area contributed by atoms with Gasteiger partial charge in [-0.15, -0.1) is 0 Å². The van der Waals surface area contributed by atoms with E-state index in [9.17, 15) is 0 Å². The monoisotopic (exact) mass is 161 g/mol. The van der Waals surface area contributed by atoms with Crippen LogP contribution in [0.2, 0.25) is 0 Å². The zero-order chi connectivity index (χ0) is 8.39. The molecule has 1 heterocycles. The Kier molecular flexibility index (Phi) is 2.03. The van der Waals surface area contributed by atoms with Crippen molar-refractivity contribution in [2.75, 3.05) is 6.61 Å². The van der Waals surface area contributed by atoms with Crippen molar-refractivity contribution in [1.82, 2.24) is 0 Å². The lowest BCUT2D eigenvalue weighted by Gasteiger charge is -2.05. The molecule has 1 aliphatic heterocycles. The summed E-state index contributed by atoms with van der Waals surface area (Å²) in [5.41, 5.74) is 2.68. The first-order valence-corrected chi connectivity index (χ1v) is 4.44. The van der Waals surface area contributed by atoms with Gasteiger partial charge in [0.05, 0.1) is 6.61 Å². The van der Waals surface area contributed by atoms with E-state index >= 15 is 0 Å². The van der Waals surface area contributed by atoms with Gasteiger partial charge < -0.3 is 4.74 Å². The predicted molar refractivity (Wildman–Crippen MR) is 49.3 cm³/mol. The van der Waals surface area contributed by atoms with E-state index in [1.165, 1.54) is 11.1 Å². The van der Waals surface area contributed by atoms with Crippen molar-refractivity contribution < 1.29 is 4.74 Å². The molecule has 1 aromatic rings. The highest BCUT2D eigenvalue weighted by atomic mass is 16.5. The lowest BCUT2D eigenvalue weighted by molar-refractivity contribution is 0.353. The molecular formula is C11H13O. The summed E-state index contributed by atoms with van der Waals surface area (Å²) in [6.45, 7) is 4.70. The molecule has 0 aliphatic carbocycles. The molecule has 1 heteroatoms. The second-order valence-corrected chi connectivity index (χ2v) is 3.11. The summed E-state index contributed by atoms with van der Waals surface area (Å²) in [4.78, 5) is 0. The van der Waals surface area contributed by atoms with Crippen LogP contribution in [0.1, 0.15) is 17.5 Å². The van der Waals surface area contributed by atoms with Crippen LogP contribution in [0.25, 0.3) is 0 Å². The van der Waals surface area contributed by atoms with Gasteiger partial charge >= 0.3 is 0 Å². The molecule has 1 radical (unpaired) electrons. The Morgan fingerprint density at radius 3 is 3.17 bits per heavy atom. The predicted octanol–water partition coefficient (Wildman–Crippen LogP) is 2.39. The first kappa shape index (κ1) is 7.66. The van der Waals surface area contributed by atoms with Crippen LogP contribution in [0.4, 0.5) is 0 Å². The van der Waals surface area contributed by atoms with Crippen LogP contribution < -0.4 is 4.74 Å². The topological polar surface area (TPSA) is 9.23 Å². The number of fused-ring (bicyclic) bond motifs is 1. The summed E-state index contributed by atoms with van der Waals surface area (Å²) in [7, 11) is 0. The van der Waals surface area contributed by atoms with Gasteiger partial charge in [-0.05, 0) is 24.0 Å². The van der Waals surface area contributed by atoms with Gasteiger partial charge in [0.1, 0.15) is 5.75 Å². The number of para-hydroxylation sites is 1. The van der Waals surface area contributed by atoms with Crippen LogP contribution >= 0.6 is 0 Å². The number of aryl methyl sites for hydroxylation is 1. The fourth-order valence-corrected chi connectivity index (χ4v) is 1.67. The number of hydrogen-bond acceptors (Lipinski definition) is 1. The fourth-order valence-electron chi connectivity index (χ4n) is 1.67. The zero-order valence-electron chi connectivity index (χ0n) is 7.18. The summed E-state index contributed by atoms with van der Waals surface area (Å²) in [6.07, 6.45) is 3.04. The van der Waals surface area contributed by atoms with E-state index in [1.54, 1.807) is 0 Å². The summed E-state index contributed by atoms with van der Waals surface area (Å²) >= 11 is 0. The third-order valence-electron chi connectivity index (χ3n) is 2.24. The van der Waals surface area contributed by atoms with Gasteiger partial charge in [0.25, 0.3) is 0 Å². The Balaban J connectivity index is 2.36. The molecule has 12 heavy (non-hydrogen) atoms. The number of benzene rings is 1. The van der Waals surface area contributed by atoms with Crippen molar-refractivity contribution in [1.29, 1.82) is 0 Å². The highest BCUT2D eigenvalue weighted by Gasteiger charge is 2.14. The highest BCUT2D eigenvalue weighted by Crippen LogP contribution is 2.29. The van der Waals surface area contributed by atoms with E-state index in [-0.39, 0.29) is 0 Å². The van der Waals surface area contributed by atoms with Crippen molar-refractivity contribution in [2.24, 2.45) is 0 Å². The smallest absolute Gasteiger partial charge is 0.125 e. The summed E-state index contributed by atoms with van der Waals surface area (Å²) < 4.78 is 5.55. The maximum absolute atomic E-state index is 5.55. The Bertz CT molecular complexity index is 278. The molecule has 0 fully saturated rings. The maximum atomic E-state index is 5.55. The standard InChI is InChI=1S/C11H13O/c1-2-4-9-5-3-6-10-7-8-12-11(9)10/h3,5-6H,1-2,4,7-8H2. The normalized spacial score (nSPS) is 14.1. The number of ether oxygens (including phenoxy) is 1. The molecule has 0 amide bonds. The lowest BCUT2D eigenvalue weighted by Crippen LogP contribution is -1.91. The van der Waals surface area contributed by atoms with Crippen LogP contribution in [0.3, 0.4) is 0 Å². The fraction of sp³-hybridized carbons (Fsp3) is 0.364. The Morgan fingerprint density at radius 1 is 1.42 bits per heavy atom. The van der Waals surface area contributed by atoms with Gasteiger partial charge in [-0.25, -0.2) is 0 Å². The van der Waals surface area contributed by atoms with Crippen molar-refractivity contribution in [3.63, 3.8) is 0 Å². The third kappa shape index (κ3) is 1.20. The molecule has 0 spiro atoms. The highest BCUT2D eigenvalue weighted by molar-refractivity contribution is 5.43. The van der Waals surface area contributed by atoms with Crippen LogP contribution in [0.5, 0.6) is 5.75 Å². The molecule has 2 rings (SSSR count). The van der Waals surface area contributed by atoms with Gasteiger partial charge in [0.2, 0.25) is 0 Å². The van der Waals surface area contributed by atoms with Gasteiger partial charge in [0, 0.05) is 6.42 Å². The molecule has 1 aliphatic rings. The van der Waals surface area contributed by atoms with Crippen LogP contribution in [-0.4, -0.2) is 6.61 Å². The van der Waals surface area contributed by atoms with Gasteiger partial charge in [-0.3, -0.25) is 0 Å². The minimum Gasteiger partial charge on any atom is -0.493 e. The molecule has 0 unspecified atom stereocenters. The minimum absolute atomic E-state index is 0.851. The molecule has 0 bridgehead atoms. The molecule has 1 nitrogen and oxygen atoms in total. The van der Waals surface area contributed by atoms with E-state index in [2.05, 4.69) is 25.1 Å². The molecule has 0 atom stereocenters. The molecule has 0 saturated carbocycles. The zero-order valence-corrected chi connectivity index (χ0v) is 7.18. The molecule has 0 N–H and O–H groups in total. The van der Waals surface area contributed by atoms with E-state index in [1.807, 2.05) is 0 Å².